The number of nitrogens with zero attached hydrogens (tertiary/aromatic N) is 1. The summed E-state index contributed by atoms with van der Waals surface area (Å²) in [5.41, 5.74) is 0.0763. The second-order valence-electron chi connectivity index (χ2n) is 6.46. The lowest BCUT2D eigenvalue weighted by atomic mass is 10.1. The van der Waals surface area contributed by atoms with E-state index in [1.54, 1.807) is 0 Å². The van der Waals surface area contributed by atoms with Crippen LogP contribution < -0.4 is 0 Å². The molecule has 6 heteroatoms. The Hall–Kier alpha value is -1.98. The molecule has 2 aliphatic rings. The summed E-state index contributed by atoms with van der Waals surface area (Å²) in [6.07, 6.45) is 2.94. The average Bonchev–Trinajstić information content (AvgIpc) is 3.37. The molecule has 0 saturated heterocycles. The number of carboxylic acid groups (broad SMARTS) is 1. The van der Waals surface area contributed by atoms with E-state index in [1.807, 2.05) is 0 Å². The highest BCUT2D eigenvalue weighted by molar-refractivity contribution is 5.82. The standard InChI is InChI=1S/C17H19F2NO3/c18-14-3-1-2-11(16(14)19)9-20(7-6-15(21)22)17(23)13-8-12(13)10-4-5-10/h1-3,10,12-13H,4-9H2,(H,21,22). The van der Waals surface area contributed by atoms with Crippen molar-refractivity contribution in [3.8, 4) is 0 Å². The Kier molecular flexibility index (Phi) is 4.33. The monoisotopic (exact) mass is 323 g/mol. The number of carbonyl (C=O) groups is 2. The quantitative estimate of drug-likeness (QED) is 0.839. The molecule has 2 aliphatic carbocycles. The number of halogens is 2. The number of amides is 1. The van der Waals surface area contributed by atoms with E-state index < -0.39 is 17.6 Å². The molecule has 2 saturated carbocycles. The highest BCUT2D eigenvalue weighted by Crippen LogP contribution is 2.55. The van der Waals surface area contributed by atoms with Crippen LogP contribution in [0.5, 0.6) is 0 Å². The van der Waals surface area contributed by atoms with E-state index in [0.29, 0.717) is 11.8 Å². The largest absolute Gasteiger partial charge is 0.481 e. The molecule has 0 radical (unpaired) electrons. The van der Waals surface area contributed by atoms with E-state index in [2.05, 4.69) is 0 Å². The van der Waals surface area contributed by atoms with Crippen LogP contribution in [0.2, 0.25) is 0 Å². The van der Waals surface area contributed by atoms with Gasteiger partial charge >= 0.3 is 5.97 Å². The summed E-state index contributed by atoms with van der Waals surface area (Å²) < 4.78 is 27.1. The minimum atomic E-state index is -1.02. The van der Waals surface area contributed by atoms with Crippen LogP contribution >= 0.6 is 0 Å². The van der Waals surface area contributed by atoms with Crippen molar-refractivity contribution in [2.45, 2.75) is 32.2 Å². The van der Waals surface area contributed by atoms with E-state index in [-0.39, 0.29) is 36.9 Å². The molecule has 1 aromatic rings. The fourth-order valence-electron chi connectivity index (χ4n) is 3.15. The van der Waals surface area contributed by atoms with Crippen LogP contribution in [0.15, 0.2) is 18.2 Å². The molecule has 2 fully saturated rings. The molecule has 0 spiro atoms. The summed E-state index contributed by atoms with van der Waals surface area (Å²) in [5, 5.41) is 8.84. The fraction of sp³-hybridized carbons (Fsp3) is 0.529. The van der Waals surface area contributed by atoms with Crippen LogP contribution in [0.4, 0.5) is 8.78 Å². The average molecular weight is 323 g/mol. The third-order valence-electron chi connectivity index (χ3n) is 4.68. The second kappa shape index (κ2) is 6.26. The van der Waals surface area contributed by atoms with E-state index in [4.69, 9.17) is 5.11 Å². The molecule has 0 heterocycles. The molecule has 2 atom stereocenters. The third-order valence-corrected chi connectivity index (χ3v) is 4.68. The summed E-state index contributed by atoms with van der Waals surface area (Å²) in [4.78, 5) is 24.7. The summed E-state index contributed by atoms with van der Waals surface area (Å²) in [6.45, 7) is -0.0817. The van der Waals surface area contributed by atoms with Crippen molar-refractivity contribution in [3.05, 3.63) is 35.4 Å². The van der Waals surface area contributed by atoms with Gasteiger partial charge in [0.15, 0.2) is 11.6 Å². The Morgan fingerprint density at radius 1 is 1.26 bits per heavy atom. The maximum atomic E-state index is 13.8. The number of carboxylic acids is 1. The highest BCUT2D eigenvalue weighted by Gasteiger charge is 2.52. The van der Waals surface area contributed by atoms with Gasteiger partial charge in [0, 0.05) is 24.6 Å². The van der Waals surface area contributed by atoms with Crippen molar-refractivity contribution < 1.29 is 23.5 Å². The van der Waals surface area contributed by atoms with Crippen LogP contribution in [-0.4, -0.2) is 28.4 Å². The Morgan fingerprint density at radius 2 is 2.00 bits per heavy atom. The first kappa shape index (κ1) is 15.9. The molecular formula is C17H19F2NO3. The predicted molar refractivity (Wildman–Crippen MR) is 78.3 cm³/mol. The van der Waals surface area contributed by atoms with Gasteiger partial charge in [-0.1, -0.05) is 12.1 Å². The molecule has 3 rings (SSSR count). The Bertz CT molecular complexity index is 630. The lowest BCUT2D eigenvalue weighted by Crippen LogP contribution is -2.34. The minimum Gasteiger partial charge on any atom is -0.481 e. The van der Waals surface area contributed by atoms with Gasteiger partial charge in [-0.3, -0.25) is 9.59 Å². The van der Waals surface area contributed by atoms with Gasteiger partial charge in [-0.2, -0.15) is 0 Å². The van der Waals surface area contributed by atoms with Crippen molar-refractivity contribution in [1.82, 2.24) is 4.90 Å². The third kappa shape index (κ3) is 3.68. The predicted octanol–water partition coefficient (Wildman–Crippen LogP) is 2.81. The summed E-state index contributed by atoms with van der Waals surface area (Å²) >= 11 is 0. The van der Waals surface area contributed by atoms with E-state index in [1.165, 1.54) is 17.0 Å². The second-order valence-corrected chi connectivity index (χ2v) is 6.46. The van der Waals surface area contributed by atoms with Gasteiger partial charge < -0.3 is 10.0 Å². The van der Waals surface area contributed by atoms with Gasteiger partial charge in [0.25, 0.3) is 0 Å². The van der Waals surface area contributed by atoms with Crippen molar-refractivity contribution in [2.75, 3.05) is 6.54 Å². The van der Waals surface area contributed by atoms with Crippen LogP contribution in [-0.2, 0) is 16.1 Å². The number of aliphatic carboxylic acids is 1. The summed E-state index contributed by atoms with van der Waals surface area (Å²) in [5.74, 6) is -2.15. The molecule has 23 heavy (non-hydrogen) atoms. The van der Waals surface area contributed by atoms with Crippen LogP contribution in [0.1, 0.15) is 31.2 Å². The summed E-state index contributed by atoms with van der Waals surface area (Å²) in [6, 6.07) is 3.83. The van der Waals surface area contributed by atoms with Crippen molar-refractivity contribution in [3.63, 3.8) is 0 Å². The van der Waals surface area contributed by atoms with Gasteiger partial charge in [0.2, 0.25) is 5.91 Å². The van der Waals surface area contributed by atoms with Gasteiger partial charge in [0.1, 0.15) is 0 Å². The molecule has 1 aromatic carbocycles. The first-order chi connectivity index (χ1) is 11.0. The number of benzene rings is 1. The van der Waals surface area contributed by atoms with E-state index in [9.17, 15) is 18.4 Å². The number of hydrogen-bond donors (Lipinski definition) is 1. The zero-order valence-corrected chi connectivity index (χ0v) is 12.7. The van der Waals surface area contributed by atoms with E-state index >= 15 is 0 Å². The molecule has 124 valence electrons. The van der Waals surface area contributed by atoms with Crippen molar-refractivity contribution in [1.29, 1.82) is 0 Å². The Morgan fingerprint density at radius 3 is 2.65 bits per heavy atom. The molecule has 1 N–H and O–H groups in total. The lowest BCUT2D eigenvalue weighted by molar-refractivity contribution is -0.139. The summed E-state index contributed by atoms with van der Waals surface area (Å²) in [7, 11) is 0. The van der Waals surface area contributed by atoms with Gasteiger partial charge in [-0.05, 0) is 37.2 Å². The molecular weight excluding hydrogens is 304 g/mol. The van der Waals surface area contributed by atoms with Crippen molar-refractivity contribution >= 4 is 11.9 Å². The van der Waals surface area contributed by atoms with Crippen LogP contribution in [0.3, 0.4) is 0 Å². The fourth-order valence-corrected chi connectivity index (χ4v) is 3.15. The number of rotatable bonds is 7. The maximum absolute atomic E-state index is 13.8. The molecule has 0 aromatic heterocycles. The van der Waals surface area contributed by atoms with Crippen LogP contribution in [0.25, 0.3) is 0 Å². The van der Waals surface area contributed by atoms with Gasteiger partial charge in [-0.25, -0.2) is 8.78 Å². The Balaban J connectivity index is 1.71. The topological polar surface area (TPSA) is 57.6 Å². The van der Waals surface area contributed by atoms with Crippen LogP contribution in [0, 0.1) is 29.4 Å². The number of carbonyl (C=O) groups excluding carboxylic acids is 1. The zero-order chi connectivity index (χ0) is 16.6. The smallest absolute Gasteiger partial charge is 0.305 e. The first-order valence-electron chi connectivity index (χ1n) is 7.91. The molecule has 0 aliphatic heterocycles. The molecule has 4 nitrogen and oxygen atoms in total. The first-order valence-corrected chi connectivity index (χ1v) is 7.91. The SMILES string of the molecule is O=C(O)CCN(Cc1cccc(F)c1F)C(=O)C1CC1C1CC1. The lowest BCUT2D eigenvalue weighted by Gasteiger charge is -2.23. The molecule has 1 amide bonds. The molecule has 0 bridgehead atoms. The molecule has 2 unspecified atom stereocenters. The normalized spacial score (nSPS) is 22.7. The highest BCUT2D eigenvalue weighted by atomic mass is 19.2. The number of hydrogen-bond acceptors (Lipinski definition) is 2. The Labute approximate surface area is 133 Å². The van der Waals surface area contributed by atoms with Gasteiger partial charge in [0.05, 0.1) is 6.42 Å². The zero-order valence-electron chi connectivity index (χ0n) is 12.7. The minimum absolute atomic E-state index is 0.0119. The van der Waals surface area contributed by atoms with Crippen molar-refractivity contribution in [2.24, 2.45) is 17.8 Å². The van der Waals surface area contributed by atoms with E-state index in [0.717, 1.165) is 25.3 Å². The maximum Gasteiger partial charge on any atom is 0.305 e. The van der Waals surface area contributed by atoms with Gasteiger partial charge in [-0.15, -0.1) is 0 Å².